The molecule has 0 unspecified atom stereocenters. The summed E-state index contributed by atoms with van der Waals surface area (Å²) in [5.41, 5.74) is 5.92. The fraction of sp³-hybridized carbons (Fsp3) is 0.333. The molecule has 2 aromatic heterocycles. The summed E-state index contributed by atoms with van der Waals surface area (Å²) in [4.78, 5) is 4.07. The average molecular weight is 250 g/mol. The molecule has 2 heterocycles. The molecule has 7 nitrogen and oxygen atoms in total. The quantitative estimate of drug-likeness (QED) is 0.829. The van der Waals surface area contributed by atoms with E-state index in [9.17, 15) is 0 Å². The molecule has 0 aromatic carbocycles. The highest BCUT2D eigenvalue weighted by Gasteiger charge is 2.10. The van der Waals surface area contributed by atoms with Crippen molar-refractivity contribution in [3.63, 3.8) is 0 Å². The van der Waals surface area contributed by atoms with Crippen LogP contribution in [0, 0.1) is 18.3 Å². The maximum atomic E-state index is 8.86. The van der Waals surface area contributed by atoms with Crippen LogP contribution in [0.3, 0.4) is 0 Å². The molecular formula is C9H10N6OS. The summed E-state index contributed by atoms with van der Waals surface area (Å²) in [6, 6.07) is 2.01. The lowest BCUT2D eigenvalue weighted by Crippen LogP contribution is -2.05. The number of nitriles is 1. The van der Waals surface area contributed by atoms with Crippen molar-refractivity contribution >= 4 is 22.4 Å². The van der Waals surface area contributed by atoms with Gasteiger partial charge in [0, 0.05) is 13.0 Å². The third-order valence-corrected chi connectivity index (χ3v) is 2.84. The van der Waals surface area contributed by atoms with Crippen molar-refractivity contribution < 1.29 is 4.52 Å². The van der Waals surface area contributed by atoms with E-state index in [1.54, 1.807) is 6.92 Å². The number of hydrogen-bond acceptors (Lipinski definition) is 8. The smallest absolute Gasteiger partial charge is 0.228 e. The molecule has 2 aromatic rings. The van der Waals surface area contributed by atoms with Crippen molar-refractivity contribution in [2.45, 2.75) is 13.3 Å². The van der Waals surface area contributed by atoms with Crippen LogP contribution in [0.15, 0.2) is 4.52 Å². The zero-order valence-electron chi connectivity index (χ0n) is 9.10. The van der Waals surface area contributed by atoms with Crippen molar-refractivity contribution in [2.24, 2.45) is 0 Å². The molecule has 0 amide bonds. The largest absolute Gasteiger partial charge is 0.382 e. The van der Waals surface area contributed by atoms with Gasteiger partial charge in [-0.2, -0.15) is 14.6 Å². The van der Waals surface area contributed by atoms with Crippen LogP contribution in [-0.2, 0) is 6.42 Å². The van der Waals surface area contributed by atoms with Crippen LogP contribution < -0.4 is 11.1 Å². The topological polar surface area (TPSA) is 114 Å². The molecular weight excluding hydrogens is 240 g/mol. The second-order valence-electron chi connectivity index (χ2n) is 3.30. The Kier molecular flexibility index (Phi) is 3.20. The summed E-state index contributed by atoms with van der Waals surface area (Å²) in [5, 5.41) is 16.3. The highest BCUT2D eigenvalue weighted by Crippen LogP contribution is 2.25. The molecule has 88 valence electrons. The van der Waals surface area contributed by atoms with Crippen LogP contribution in [0.4, 0.5) is 10.8 Å². The van der Waals surface area contributed by atoms with Gasteiger partial charge in [0.05, 0.1) is 0 Å². The lowest BCUT2D eigenvalue weighted by Gasteiger charge is -2.00. The van der Waals surface area contributed by atoms with Crippen molar-refractivity contribution in [3.05, 3.63) is 17.3 Å². The van der Waals surface area contributed by atoms with E-state index < -0.39 is 0 Å². The van der Waals surface area contributed by atoms with Crippen molar-refractivity contribution in [1.29, 1.82) is 5.26 Å². The maximum absolute atomic E-state index is 8.86. The normalized spacial score (nSPS) is 10.1. The molecule has 0 aliphatic heterocycles. The Labute approximate surface area is 101 Å². The minimum absolute atomic E-state index is 0.258. The van der Waals surface area contributed by atoms with E-state index in [-0.39, 0.29) is 5.82 Å². The molecule has 0 aliphatic carbocycles. The molecule has 0 bridgehead atoms. The Morgan fingerprint density at radius 2 is 2.41 bits per heavy atom. The zero-order valence-corrected chi connectivity index (χ0v) is 9.91. The first-order chi connectivity index (χ1) is 8.20. The van der Waals surface area contributed by atoms with Crippen LogP contribution in [0.1, 0.15) is 17.3 Å². The summed E-state index contributed by atoms with van der Waals surface area (Å²) < 4.78 is 8.86. The third-order valence-electron chi connectivity index (χ3n) is 2.02. The van der Waals surface area contributed by atoms with Gasteiger partial charge in [0.2, 0.25) is 5.89 Å². The lowest BCUT2D eigenvalue weighted by atomic mass is 10.3. The van der Waals surface area contributed by atoms with Crippen molar-refractivity contribution in [2.75, 3.05) is 17.6 Å². The molecule has 0 fully saturated rings. The van der Waals surface area contributed by atoms with E-state index in [2.05, 4.69) is 19.8 Å². The first-order valence-corrected chi connectivity index (χ1v) is 5.66. The third kappa shape index (κ3) is 2.51. The summed E-state index contributed by atoms with van der Waals surface area (Å²) >= 11 is 1.17. The molecule has 3 N–H and O–H groups in total. The minimum Gasteiger partial charge on any atom is -0.382 e. The Morgan fingerprint density at radius 3 is 3.06 bits per heavy atom. The van der Waals surface area contributed by atoms with E-state index in [1.165, 1.54) is 11.5 Å². The van der Waals surface area contributed by atoms with Gasteiger partial charge in [-0.1, -0.05) is 5.16 Å². The molecule has 0 saturated carbocycles. The lowest BCUT2D eigenvalue weighted by molar-refractivity contribution is 0.377. The van der Waals surface area contributed by atoms with E-state index in [4.69, 9.17) is 15.5 Å². The number of nitrogens with zero attached hydrogens (tertiary/aromatic N) is 4. The first kappa shape index (κ1) is 11.3. The summed E-state index contributed by atoms with van der Waals surface area (Å²) in [6.45, 7) is 2.34. The van der Waals surface area contributed by atoms with Gasteiger partial charge in [0.15, 0.2) is 11.6 Å². The number of aryl methyl sites for hydroxylation is 1. The monoisotopic (exact) mass is 250 g/mol. The van der Waals surface area contributed by atoms with Crippen LogP contribution in [0.2, 0.25) is 0 Å². The summed E-state index contributed by atoms with van der Waals surface area (Å²) in [5.74, 6) is 1.43. The molecule has 0 spiro atoms. The van der Waals surface area contributed by atoms with Gasteiger partial charge >= 0.3 is 0 Å². The van der Waals surface area contributed by atoms with Crippen LogP contribution in [0.5, 0.6) is 0 Å². The van der Waals surface area contributed by atoms with Gasteiger partial charge in [0.25, 0.3) is 0 Å². The second kappa shape index (κ2) is 4.80. The predicted molar refractivity (Wildman–Crippen MR) is 62.5 cm³/mol. The average Bonchev–Trinajstić information content (AvgIpc) is 2.86. The molecule has 8 heteroatoms. The molecule has 0 saturated heterocycles. The van der Waals surface area contributed by atoms with E-state index in [0.717, 1.165) is 0 Å². The number of aromatic nitrogens is 3. The number of nitrogens with two attached hydrogens (primary N) is 1. The Morgan fingerprint density at radius 1 is 1.59 bits per heavy atom. The van der Waals surface area contributed by atoms with Crippen LogP contribution in [0.25, 0.3) is 0 Å². The number of nitrogens with one attached hydrogen (secondary N) is 1. The van der Waals surface area contributed by atoms with Gasteiger partial charge in [-0.3, -0.25) is 0 Å². The minimum atomic E-state index is 0.258. The molecule has 17 heavy (non-hydrogen) atoms. The Hall–Kier alpha value is -2.14. The fourth-order valence-electron chi connectivity index (χ4n) is 1.26. The number of hydrogen-bond donors (Lipinski definition) is 2. The van der Waals surface area contributed by atoms with Gasteiger partial charge in [-0.25, -0.2) is 0 Å². The predicted octanol–water partition coefficient (Wildman–Crippen LogP) is 0.943. The SMILES string of the molecule is Cc1noc(CCNc2snc(N)c2C#N)n1. The van der Waals surface area contributed by atoms with Crippen LogP contribution >= 0.6 is 11.5 Å². The zero-order chi connectivity index (χ0) is 12.3. The highest BCUT2D eigenvalue weighted by atomic mass is 32.1. The molecule has 0 atom stereocenters. The molecule has 2 rings (SSSR count). The van der Waals surface area contributed by atoms with Gasteiger partial charge in [-0.05, 0) is 18.5 Å². The number of anilines is 2. The summed E-state index contributed by atoms with van der Waals surface area (Å²) in [7, 11) is 0. The molecule has 0 radical (unpaired) electrons. The van der Waals surface area contributed by atoms with Crippen molar-refractivity contribution in [3.8, 4) is 6.07 Å². The van der Waals surface area contributed by atoms with Crippen LogP contribution in [-0.4, -0.2) is 21.1 Å². The first-order valence-electron chi connectivity index (χ1n) is 4.89. The number of rotatable bonds is 4. The van der Waals surface area contributed by atoms with Gasteiger partial charge in [0.1, 0.15) is 16.6 Å². The Balaban J connectivity index is 1.92. The highest BCUT2D eigenvalue weighted by molar-refractivity contribution is 7.10. The van der Waals surface area contributed by atoms with E-state index in [1.807, 2.05) is 6.07 Å². The second-order valence-corrected chi connectivity index (χ2v) is 4.07. The van der Waals surface area contributed by atoms with E-state index >= 15 is 0 Å². The van der Waals surface area contributed by atoms with E-state index in [0.29, 0.717) is 35.2 Å². The number of nitrogen functional groups attached to an aromatic ring is 1. The van der Waals surface area contributed by atoms with Crippen molar-refractivity contribution in [1.82, 2.24) is 14.5 Å². The fourth-order valence-corrected chi connectivity index (χ4v) is 1.94. The standard InChI is InChI=1S/C9H10N6OS/c1-5-13-7(16-14-5)2-3-12-9-6(4-10)8(11)15-17-9/h12H,2-3H2,1H3,(H2,11,15). The van der Waals surface area contributed by atoms with Gasteiger partial charge in [-0.15, -0.1) is 0 Å². The van der Waals surface area contributed by atoms with Gasteiger partial charge < -0.3 is 15.6 Å². The summed E-state index contributed by atoms with van der Waals surface area (Å²) in [6.07, 6.45) is 0.587. The Bertz CT molecular complexity index is 554. The molecule has 0 aliphatic rings. The maximum Gasteiger partial charge on any atom is 0.228 e.